The molecule has 116 valence electrons. The van der Waals surface area contributed by atoms with E-state index in [0.717, 1.165) is 4.68 Å². The molecule has 1 aromatic rings. The summed E-state index contributed by atoms with van der Waals surface area (Å²) < 4.78 is 1.04. The number of aliphatic hydroxyl groups is 1. The van der Waals surface area contributed by atoms with E-state index in [1.807, 2.05) is 0 Å². The molecule has 0 bridgehead atoms. The van der Waals surface area contributed by atoms with Crippen molar-refractivity contribution < 1.29 is 19.5 Å². The first-order valence-electron chi connectivity index (χ1n) is 5.36. The van der Waals surface area contributed by atoms with Gasteiger partial charge >= 0.3 is 12.1 Å². The van der Waals surface area contributed by atoms with Crippen molar-refractivity contribution >= 4 is 35.3 Å². The number of amides is 5. The summed E-state index contributed by atoms with van der Waals surface area (Å²) in [7, 11) is 1.35. The van der Waals surface area contributed by atoms with Crippen LogP contribution in [0.25, 0.3) is 0 Å². The van der Waals surface area contributed by atoms with Crippen molar-refractivity contribution in [2.24, 2.45) is 30.2 Å². The van der Waals surface area contributed by atoms with Crippen LogP contribution < -0.4 is 38.5 Å². The van der Waals surface area contributed by atoms with E-state index in [1.165, 1.54) is 7.05 Å². The maximum absolute atomic E-state index is 11.3. The molecule has 0 aliphatic carbocycles. The molecule has 0 aliphatic rings. The number of anilines is 3. The Morgan fingerprint density at radius 3 is 2.19 bits per heavy atom. The van der Waals surface area contributed by atoms with Crippen molar-refractivity contribution in [2.45, 2.75) is 0 Å². The second-order valence-electron chi connectivity index (χ2n) is 3.77. The van der Waals surface area contributed by atoms with Crippen molar-refractivity contribution in [1.82, 2.24) is 9.78 Å². The van der Waals surface area contributed by atoms with Gasteiger partial charge in [0.15, 0.2) is 11.6 Å². The molecular formula is C8H15N9O4. The number of hydrazine groups is 2. The van der Waals surface area contributed by atoms with Gasteiger partial charge in [0.1, 0.15) is 12.3 Å². The summed E-state index contributed by atoms with van der Waals surface area (Å²) in [6, 6.07) is -2.14. The number of rotatable bonds is 4. The maximum Gasteiger partial charge on any atom is 0.335 e. The molecule has 0 saturated heterocycles. The van der Waals surface area contributed by atoms with Gasteiger partial charge in [0.25, 0.3) is 0 Å². The molecule has 0 aliphatic heterocycles. The fraction of sp³-hybridized carbons (Fsp3) is 0.250. The molecule has 1 rings (SSSR count). The Hall–Kier alpha value is -2.90. The van der Waals surface area contributed by atoms with Crippen molar-refractivity contribution in [1.29, 1.82) is 0 Å². The van der Waals surface area contributed by atoms with Gasteiger partial charge in [-0.3, -0.25) is 4.79 Å². The summed E-state index contributed by atoms with van der Waals surface area (Å²) in [6.45, 7) is -0.865. The average Bonchev–Trinajstić information content (AvgIpc) is 2.73. The summed E-state index contributed by atoms with van der Waals surface area (Å²) in [4.78, 5) is 33.6. The molecule has 0 atom stereocenters. The van der Waals surface area contributed by atoms with Crippen molar-refractivity contribution in [3.63, 3.8) is 0 Å². The van der Waals surface area contributed by atoms with Gasteiger partial charge in [-0.25, -0.2) is 36.0 Å². The van der Waals surface area contributed by atoms with Crippen LogP contribution in [0, 0.1) is 0 Å². The van der Waals surface area contributed by atoms with Crippen LogP contribution in [0.15, 0.2) is 0 Å². The minimum atomic E-state index is -1.08. The maximum atomic E-state index is 11.3. The third-order valence-corrected chi connectivity index (χ3v) is 2.34. The lowest BCUT2D eigenvalue weighted by Crippen LogP contribution is -2.43. The summed E-state index contributed by atoms with van der Waals surface area (Å²) in [5.41, 5.74) is 9.82. The highest BCUT2D eigenvalue weighted by Gasteiger charge is 2.27. The topological polar surface area (TPSA) is 212 Å². The number of hydrogen-bond acceptors (Lipinski definition) is 7. The van der Waals surface area contributed by atoms with Crippen LogP contribution in [0.1, 0.15) is 0 Å². The van der Waals surface area contributed by atoms with Crippen molar-refractivity contribution in [3.05, 3.63) is 0 Å². The van der Waals surface area contributed by atoms with Gasteiger partial charge in [-0.2, -0.15) is 0 Å². The Morgan fingerprint density at radius 1 is 1.24 bits per heavy atom. The molecule has 0 radical (unpaired) electrons. The first kappa shape index (κ1) is 16.2. The Labute approximate surface area is 118 Å². The average molecular weight is 301 g/mol. The number of nitrogens with one attached hydrogen (secondary N) is 1. The molecule has 13 heteroatoms. The zero-order valence-electron chi connectivity index (χ0n) is 11.0. The van der Waals surface area contributed by atoms with E-state index in [2.05, 4.69) is 10.4 Å². The predicted molar refractivity (Wildman–Crippen MR) is 71.4 cm³/mol. The number of hydrogen-bond donors (Lipinski definition) is 6. The number of aromatic nitrogens is 2. The molecule has 10 N–H and O–H groups in total. The van der Waals surface area contributed by atoms with Gasteiger partial charge in [0.05, 0.1) is 0 Å². The van der Waals surface area contributed by atoms with Crippen LogP contribution in [0.4, 0.5) is 26.9 Å². The summed E-state index contributed by atoms with van der Waals surface area (Å²) in [6.07, 6.45) is 0. The van der Waals surface area contributed by atoms with Gasteiger partial charge in [-0.15, -0.1) is 5.10 Å². The molecular weight excluding hydrogens is 286 g/mol. The number of primary amides is 2. The molecule has 0 fully saturated rings. The van der Waals surface area contributed by atoms with Crippen LogP contribution >= 0.6 is 0 Å². The fourth-order valence-electron chi connectivity index (χ4n) is 1.45. The predicted octanol–water partition coefficient (Wildman–Crippen LogP) is -3.13. The van der Waals surface area contributed by atoms with Gasteiger partial charge in [-0.05, 0) is 0 Å². The Balaban J connectivity index is 3.45. The van der Waals surface area contributed by atoms with Crippen molar-refractivity contribution in [3.8, 4) is 0 Å². The number of aryl methyl sites for hydroxylation is 1. The number of urea groups is 2. The van der Waals surface area contributed by atoms with E-state index in [1.54, 1.807) is 0 Å². The van der Waals surface area contributed by atoms with E-state index < -0.39 is 24.6 Å². The smallest absolute Gasteiger partial charge is 0.335 e. The first-order chi connectivity index (χ1) is 9.70. The molecule has 0 saturated carbocycles. The quantitative estimate of drug-likeness (QED) is 0.191. The minimum Gasteiger partial charge on any atom is -0.387 e. The van der Waals surface area contributed by atoms with Crippen LogP contribution in [-0.4, -0.2) is 39.5 Å². The lowest BCUT2D eigenvalue weighted by molar-refractivity contribution is -0.118. The monoisotopic (exact) mass is 301 g/mol. The van der Waals surface area contributed by atoms with Crippen LogP contribution in [0.2, 0.25) is 0 Å². The molecule has 0 aromatic carbocycles. The SMILES string of the molecule is Cn1nc(N(N)C(N)=O)c(NC(=O)CO)c1N(N)C(N)=O. The molecule has 1 heterocycles. The van der Waals surface area contributed by atoms with Gasteiger partial charge < -0.3 is 21.9 Å². The van der Waals surface area contributed by atoms with E-state index in [4.69, 9.17) is 28.3 Å². The molecule has 0 unspecified atom stereocenters. The second kappa shape index (κ2) is 6.04. The molecule has 13 nitrogen and oxygen atoms in total. The Kier molecular flexibility index (Phi) is 4.64. The highest BCUT2D eigenvalue weighted by molar-refractivity contribution is 6.04. The van der Waals surface area contributed by atoms with Gasteiger partial charge in [0.2, 0.25) is 5.91 Å². The summed E-state index contributed by atoms with van der Waals surface area (Å²) in [5, 5.41) is 15.7. The second-order valence-corrected chi connectivity index (χ2v) is 3.77. The van der Waals surface area contributed by atoms with E-state index in [0.29, 0.717) is 10.0 Å². The third kappa shape index (κ3) is 3.16. The third-order valence-electron chi connectivity index (χ3n) is 2.34. The Bertz CT molecular complexity index is 583. The fourth-order valence-corrected chi connectivity index (χ4v) is 1.45. The lowest BCUT2D eigenvalue weighted by atomic mass is 10.4. The van der Waals surface area contributed by atoms with Gasteiger partial charge in [0, 0.05) is 7.05 Å². The van der Waals surface area contributed by atoms with E-state index >= 15 is 0 Å². The lowest BCUT2D eigenvalue weighted by Gasteiger charge is -2.17. The van der Waals surface area contributed by atoms with E-state index in [-0.39, 0.29) is 17.3 Å². The summed E-state index contributed by atoms with van der Waals surface area (Å²) >= 11 is 0. The number of carbonyl (C=O) groups excluding carboxylic acids is 3. The number of nitrogens with two attached hydrogens (primary N) is 4. The van der Waals surface area contributed by atoms with Crippen LogP contribution in [-0.2, 0) is 11.8 Å². The van der Waals surface area contributed by atoms with Crippen LogP contribution in [0.5, 0.6) is 0 Å². The highest BCUT2D eigenvalue weighted by atomic mass is 16.3. The van der Waals surface area contributed by atoms with Crippen molar-refractivity contribution in [2.75, 3.05) is 21.9 Å². The molecule has 5 amide bonds. The van der Waals surface area contributed by atoms with E-state index in [9.17, 15) is 14.4 Å². The van der Waals surface area contributed by atoms with Gasteiger partial charge in [-0.1, -0.05) is 0 Å². The zero-order chi connectivity index (χ0) is 16.3. The molecule has 21 heavy (non-hydrogen) atoms. The zero-order valence-corrected chi connectivity index (χ0v) is 11.0. The summed E-state index contributed by atoms with van der Waals surface area (Å²) in [5.74, 6) is 9.54. The standard InChI is InChI=1S/C8H15N9O4/c1-15-6(17(12)8(10)21)4(13-3(19)2-18)5(14-15)16(11)7(9)20/h18H,2,11-12H2,1H3,(H2,9,20)(H2,10,21)(H,13,19). The largest absolute Gasteiger partial charge is 0.387 e. The highest BCUT2D eigenvalue weighted by Crippen LogP contribution is 2.33. The number of nitrogens with zero attached hydrogens (tertiary/aromatic N) is 4. The number of carbonyl (C=O) groups is 3. The first-order valence-corrected chi connectivity index (χ1v) is 5.36. The number of aliphatic hydroxyl groups excluding tert-OH is 1. The normalized spacial score (nSPS) is 10.1. The molecule has 1 aromatic heterocycles. The minimum absolute atomic E-state index is 0.170. The van der Waals surface area contributed by atoms with Crippen LogP contribution in [0.3, 0.4) is 0 Å². The Morgan fingerprint density at radius 2 is 1.76 bits per heavy atom. The molecule has 0 spiro atoms.